The Labute approximate surface area is 145 Å². The molecule has 7 heteroatoms. The summed E-state index contributed by atoms with van der Waals surface area (Å²) >= 11 is 1.32. The monoisotopic (exact) mass is 369 g/mol. The van der Waals surface area contributed by atoms with Crippen LogP contribution in [0.15, 0.2) is 40.6 Å². The van der Waals surface area contributed by atoms with Crippen molar-refractivity contribution in [1.82, 2.24) is 5.32 Å². The van der Waals surface area contributed by atoms with Crippen molar-refractivity contribution in [2.45, 2.75) is 30.9 Å². The molecule has 0 spiro atoms. The third-order valence-corrected chi connectivity index (χ3v) is 6.90. The summed E-state index contributed by atoms with van der Waals surface area (Å²) in [6, 6.07) is 7.24. The van der Waals surface area contributed by atoms with E-state index in [2.05, 4.69) is 5.32 Å². The Morgan fingerprint density at radius 3 is 2.54 bits per heavy atom. The Balaban J connectivity index is 2.38. The molecule has 0 radical (unpaired) electrons. The van der Waals surface area contributed by atoms with Gasteiger partial charge in [-0.25, -0.2) is 12.8 Å². The number of hydrogen-bond acceptors (Lipinski definition) is 4. The Hall–Kier alpha value is -1.73. The third kappa shape index (κ3) is 4.02. The summed E-state index contributed by atoms with van der Waals surface area (Å²) in [7, 11) is -3.76. The zero-order chi connectivity index (χ0) is 17.9. The van der Waals surface area contributed by atoms with Gasteiger partial charge in [0.15, 0.2) is 9.84 Å². The van der Waals surface area contributed by atoms with Crippen LogP contribution < -0.4 is 5.32 Å². The van der Waals surface area contributed by atoms with Gasteiger partial charge in [-0.15, -0.1) is 11.3 Å². The predicted octanol–water partition coefficient (Wildman–Crippen LogP) is 3.48. The van der Waals surface area contributed by atoms with E-state index in [1.54, 1.807) is 31.4 Å². The quantitative estimate of drug-likeness (QED) is 0.793. The van der Waals surface area contributed by atoms with E-state index in [9.17, 15) is 17.6 Å². The number of rotatable bonds is 6. The lowest BCUT2D eigenvalue weighted by atomic mass is 10.2. The molecule has 1 N–H and O–H groups in total. The highest BCUT2D eigenvalue weighted by atomic mass is 32.2. The number of halogens is 1. The SMILES string of the molecule is Cc1cc(S(=O)(=O)[C@H](CNC(=O)C(C)C)c2cccs2)ccc1F. The van der Waals surface area contributed by atoms with Crippen molar-refractivity contribution in [1.29, 1.82) is 0 Å². The minimum Gasteiger partial charge on any atom is -0.354 e. The smallest absolute Gasteiger partial charge is 0.222 e. The second-order valence-electron chi connectivity index (χ2n) is 5.86. The van der Waals surface area contributed by atoms with Gasteiger partial charge in [-0.05, 0) is 42.1 Å². The topological polar surface area (TPSA) is 63.2 Å². The van der Waals surface area contributed by atoms with Crippen LogP contribution in [0.1, 0.15) is 29.5 Å². The number of carbonyl (C=O) groups excluding carboxylic acids is 1. The first-order valence-electron chi connectivity index (χ1n) is 7.54. The second-order valence-corrected chi connectivity index (χ2v) is 8.97. The van der Waals surface area contributed by atoms with Gasteiger partial charge in [0.1, 0.15) is 11.1 Å². The summed E-state index contributed by atoms with van der Waals surface area (Å²) in [5.41, 5.74) is 0.271. The van der Waals surface area contributed by atoms with E-state index in [0.717, 1.165) is 6.07 Å². The standard InChI is InChI=1S/C17H20FNO3S2/c1-11(2)17(20)19-10-16(15-5-4-8-23-15)24(21,22)13-6-7-14(18)12(3)9-13/h4-9,11,16H,10H2,1-3H3,(H,19,20)/t16-/m1/s1. The van der Waals surface area contributed by atoms with Crippen LogP contribution in [0.2, 0.25) is 0 Å². The van der Waals surface area contributed by atoms with E-state index in [1.165, 1.54) is 30.4 Å². The Morgan fingerprint density at radius 1 is 1.29 bits per heavy atom. The molecule has 0 bridgehead atoms. The second kappa shape index (κ2) is 7.44. The zero-order valence-corrected chi connectivity index (χ0v) is 15.4. The largest absolute Gasteiger partial charge is 0.354 e. The number of benzene rings is 1. The number of sulfone groups is 1. The number of hydrogen-bond donors (Lipinski definition) is 1. The Kier molecular flexibility index (Phi) is 5.77. The fourth-order valence-electron chi connectivity index (χ4n) is 2.19. The van der Waals surface area contributed by atoms with Crippen LogP contribution in [0.25, 0.3) is 0 Å². The molecule has 130 valence electrons. The van der Waals surface area contributed by atoms with Crippen molar-refractivity contribution >= 4 is 27.1 Å². The summed E-state index contributed by atoms with van der Waals surface area (Å²) in [4.78, 5) is 12.5. The van der Waals surface area contributed by atoms with Crippen LogP contribution in [0.5, 0.6) is 0 Å². The van der Waals surface area contributed by atoms with Gasteiger partial charge in [-0.1, -0.05) is 19.9 Å². The molecule has 0 saturated carbocycles. The van der Waals surface area contributed by atoms with Gasteiger partial charge < -0.3 is 5.32 Å². The van der Waals surface area contributed by atoms with Gasteiger partial charge in [0.05, 0.1) is 4.90 Å². The Morgan fingerprint density at radius 2 is 2.00 bits per heavy atom. The lowest BCUT2D eigenvalue weighted by molar-refractivity contribution is -0.123. The molecule has 1 aromatic heterocycles. The molecule has 0 aliphatic heterocycles. The fraction of sp³-hybridized carbons (Fsp3) is 0.353. The van der Waals surface area contributed by atoms with Crippen molar-refractivity contribution < 1.29 is 17.6 Å². The van der Waals surface area contributed by atoms with Gasteiger partial charge in [-0.2, -0.15) is 0 Å². The lowest BCUT2D eigenvalue weighted by Crippen LogP contribution is -2.34. The molecule has 1 atom stereocenters. The highest BCUT2D eigenvalue weighted by Gasteiger charge is 2.31. The molecule has 1 aromatic carbocycles. The fourth-order valence-corrected chi connectivity index (χ4v) is 5.06. The van der Waals surface area contributed by atoms with Gasteiger partial charge in [0.25, 0.3) is 0 Å². The van der Waals surface area contributed by atoms with Gasteiger partial charge in [0.2, 0.25) is 5.91 Å². The van der Waals surface area contributed by atoms with Gasteiger partial charge in [-0.3, -0.25) is 4.79 Å². The normalized spacial score (nSPS) is 13.0. The first-order chi connectivity index (χ1) is 11.2. The molecule has 0 fully saturated rings. The molecule has 2 aromatic rings. The van der Waals surface area contributed by atoms with Crippen molar-refractivity contribution in [2.75, 3.05) is 6.54 Å². The van der Waals surface area contributed by atoms with Crippen LogP contribution in [0.3, 0.4) is 0 Å². The van der Waals surface area contributed by atoms with Crippen LogP contribution >= 0.6 is 11.3 Å². The molecule has 1 heterocycles. The minimum atomic E-state index is -3.76. The Bertz CT molecular complexity index is 814. The highest BCUT2D eigenvalue weighted by Crippen LogP contribution is 2.32. The van der Waals surface area contributed by atoms with E-state index in [-0.39, 0.29) is 28.8 Å². The molecular weight excluding hydrogens is 349 g/mol. The van der Waals surface area contributed by atoms with E-state index in [0.29, 0.717) is 4.88 Å². The summed E-state index contributed by atoms with van der Waals surface area (Å²) in [6.07, 6.45) is 0. The highest BCUT2D eigenvalue weighted by molar-refractivity contribution is 7.91. The predicted molar refractivity (Wildman–Crippen MR) is 93.2 cm³/mol. The van der Waals surface area contributed by atoms with E-state index in [1.807, 2.05) is 0 Å². The molecule has 0 saturated heterocycles. The van der Waals surface area contributed by atoms with Gasteiger partial charge >= 0.3 is 0 Å². The molecule has 24 heavy (non-hydrogen) atoms. The number of aryl methyl sites for hydroxylation is 1. The van der Waals surface area contributed by atoms with E-state index < -0.39 is 20.9 Å². The van der Waals surface area contributed by atoms with Crippen molar-refractivity contribution in [2.24, 2.45) is 5.92 Å². The summed E-state index contributed by atoms with van der Waals surface area (Å²) < 4.78 is 39.5. The molecular formula is C17H20FNO3S2. The maximum atomic E-state index is 13.5. The lowest BCUT2D eigenvalue weighted by Gasteiger charge is -2.18. The van der Waals surface area contributed by atoms with Crippen molar-refractivity contribution in [3.63, 3.8) is 0 Å². The molecule has 2 rings (SSSR count). The van der Waals surface area contributed by atoms with Gasteiger partial charge in [0, 0.05) is 17.3 Å². The molecule has 4 nitrogen and oxygen atoms in total. The third-order valence-electron chi connectivity index (χ3n) is 3.68. The number of nitrogens with one attached hydrogen (secondary N) is 1. The summed E-state index contributed by atoms with van der Waals surface area (Å²) in [5.74, 6) is -0.887. The zero-order valence-electron chi connectivity index (χ0n) is 13.7. The van der Waals surface area contributed by atoms with Crippen LogP contribution in [-0.2, 0) is 14.6 Å². The van der Waals surface area contributed by atoms with Crippen LogP contribution in [0.4, 0.5) is 4.39 Å². The summed E-state index contributed by atoms with van der Waals surface area (Å²) in [5, 5.41) is 3.58. The van der Waals surface area contributed by atoms with Crippen molar-refractivity contribution in [3.05, 3.63) is 52.0 Å². The molecule has 1 amide bonds. The summed E-state index contributed by atoms with van der Waals surface area (Å²) in [6.45, 7) is 4.99. The molecule has 0 unspecified atom stereocenters. The van der Waals surface area contributed by atoms with E-state index in [4.69, 9.17) is 0 Å². The molecule has 0 aliphatic carbocycles. The first-order valence-corrected chi connectivity index (χ1v) is 9.97. The average Bonchev–Trinajstić information content (AvgIpc) is 3.03. The van der Waals surface area contributed by atoms with Crippen LogP contribution in [0, 0.1) is 18.7 Å². The van der Waals surface area contributed by atoms with Crippen molar-refractivity contribution in [3.8, 4) is 0 Å². The van der Waals surface area contributed by atoms with Crippen LogP contribution in [-0.4, -0.2) is 20.9 Å². The first kappa shape index (κ1) is 18.6. The number of thiophene rings is 1. The maximum Gasteiger partial charge on any atom is 0.222 e. The van der Waals surface area contributed by atoms with E-state index >= 15 is 0 Å². The molecule has 0 aliphatic rings. The number of carbonyl (C=O) groups is 1. The number of amides is 1. The minimum absolute atomic E-state index is 0.0176. The average molecular weight is 369 g/mol. The maximum absolute atomic E-state index is 13.5.